The predicted octanol–water partition coefficient (Wildman–Crippen LogP) is 4.97. The minimum Gasteiger partial charge on any atom is -0.466 e. The Balaban J connectivity index is 1.44. The molecule has 0 unspecified atom stereocenters. The van der Waals surface area contributed by atoms with Crippen LogP contribution in [0.5, 0.6) is 0 Å². The number of carbonyl (C=O) groups is 1. The molecule has 0 spiro atoms. The van der Waals surface area contributed by atoms with Crippen molar-refractivity contribution >= 4 is 22.6 Å². The summed E-state index contributed by atoms with van der Waals surface area (Å²) in [7, 11) is 0. The number of benzene rings is 1. The summed E-state index contributed by atoms with van der Waals surface area (Å²) in [5, 5.41) is 8.29. The van der Waals surface area contributed by atoms with Gasteiger partial charge in [0, 0.05) is 36.9 Å². The average molecular weight is 474 g/mol. The van der Waals surface area contributed by atoms with Crippen molar-refractivity contribution in [1.82, 2.24) is 19.7 Å². The van der Waals surface area contributed by atoms with Crippen molar-refractivity contribution in [3.8, 4) is 11.3 Å². The molecule has 4 heterocycles. The Bertz CT molecular complexity index is 1350. The highest BCUT2D eigenvalue weighted by atomic mass is 16.5. The average Bonchev–Trinajstić information content (AvgIpc) is 3.42. The summed E-state index contributed by atoms with van der Waals surface area (Å²) in [6.07, 6.45) is 1.72. The Morgan fingerprint density at radius 1 is 1.11 bits per heavy atom. The van der Waals surface area contributed by atoms with Gasteiger partial charge in [-0.15, -0.1) is 0 Å². The lowest BCUT2D eigenvalue weighted by molar-refractivity contribution is 0.0342. The number of nitrogens with one attached hydrogen (secondary N) is 1. The molecule has 0 radical (unpaired) electrons. The van der Waals surface area contributed by atoms with Gasteiger partial charge >= 0.3 is 0 Å². The van der Waals surface area contributed by atoms with Gasteiger partial charge < -0.3 is 14.5 Å². The molecule has 5 rings (SSSR count). The third-order valence-electron chi connectivity index (χ3n) is 6.34. The second-order valence-electron chi connectivity index (χ2n) is 9.34. The number of fused-ring (bicyclic) bond motifs is 1. The van der Waals surface area contributed by atoms with Crippen molar-refractivity contribution in [1.29, 1.82) is 0 Å². The first-order chi connectivity index (χ1) is 16.9. The van der Waals surface area contributed by atoms with Crippen molar-refractivity contribution in [3.63, 3.8) is 0 Å². The van der Waals surface area contributed by atoms with E-state index in [-0.39, 0.29) is 11.9 Å². The monoisotopic (exact) mass is 473 g/mol. The molecule has 0 aliphatic carbocycles. The van der Waals surface area contributed by atoms with Crippen molar-refractivity contribution in [2.45, 2.75) is 40.3 Å². The zero-order valence-corrected chi connectivity index (χ0v) is 20.7. The Labute approximate surface area is 204 Å². The molecule has 1 N–H and O–H groups in total. The summed E-state index contributed by atoms with van der Waals surface area (Å²) in [6, 6.07) is 11.9. The molecule has 1 aliphatic heterocycles. The molecule has 8 heteroatoms. The maximum absolute atomic E-state index is 13.5. The Morgan fingerprint density at radius 3 is 2.51 bits per heavy atom. The smallest absolute Gasteiger partial charge is 0.256 e. The summed E-state index contributed by atoms with van der Waals surface area (Å²) in [6.45, 7) is 12.2. The van der Waals surface area contributed by atoms with Crippen LogP contribution in [-0.4, -0.2) is 51.9 Å². The number of aryl methyl sites for hydroxylation is 2. The number of pyridine rings is 1. The third-order valence-corrected chi connectivity index (χ3v) is 6.34. The molecule has 1 aliphatic rings. The first-order valence-electron chi connectivity index (χ1n) is 12.0. The zero-order chi connectivity index (χ0) is 24.5. The van der Waals surface area contributed by atoms with Gasteiger partial charge in [0.15, 0.2) is 5.65 Å². The molecule has 0 atom stereocenters. The van der Waals surface area contributed by atoms with Gasteiger partial charge in [0.2, 0.25) is 0 Å². The van der Waals surface area contributed by atoms with E-state index in [2.05, 4.69) is 27.4 Å². The van der Waals surface area contributed by atoms with E-state index in [1.165, 1.54) is 5.56 Å². The molecule has 1 amide bonds. The normalized spacial score (nSPS) is 14.7. The number of aromatic nitrogens is 3. The predicted molar refractivity (Wildman–Crippen MR) is 136 cm³/mol. The van der Waals surface area contributed by atoms with Crippen LogP contribution in [0.3, 0.4) is 0 Å². The lowest BCUT2D eigenvalue weighted by Crippen LogP contribution is -2.35. The first-order valence-corrected chi connectivity index (χ1v) is 12.0. The van der Waals surface area contributed by atoms with E-state index in [1.54, 1.807) is 6.20 Å². The lowest BCUT2D eigenvalue weighted by Gasteiger charge is -2.26. The Kier molecular flexibility index (Phi) is 6.40. The van der Waals surface area contributed by atoms with E-state index >= 15 is 0 Å². The fourth-order valence-corrected chi connectivity index (χ4v) is 4.52. The van der Waals surface area contributed by atoms with Crippen LogP contribution < -0.4 is 5.32 Å². The molecule has 35 heavy (non-hydrogen) atoms. The minimum atomic E-state index is -0.194. The number of furan rings is 1. The Hall–Kier alpha value is -3.49. The molecule has 182 valence electrons. The van der Waals surface area contributed by atoms with E-state index in [9.17, 15) is 4.79 Å². The molecule has 3 aromatic heterocycles. The maximum Gasteiger partial charge on any atom is 0.256 e. The lowest BCUT2D eigenvalue weighted by atomic mass is 10.1. The quantitative estimate of drug-likeness (QED) is 0.425. The van der Waals surface area contributed by atoms with Crippen LogP contribution in [0.4, 0.5) is 5.69 Å². The van der Waals surface area contributed by atoms with Gasteiger partial charge in [-0.3, -0.25) is 9.69 Å². The summed E-state index contributed by atoms with van der Waals surface area (Å²) in [5.41, 5.74) is 4.75. The van der Waals surface area contributed by atoms with E-state index < -0.39 is 0 Å². The molecular formula is C27H31N5O3. The molecule has 8 nitrogen and oxygen atoms in total. The van der Waals surface area contributed by atoms with Gasteiger partial charge in [-0.1, -0.05) is 12.1 Å². The molecule has 1 saturated heterocycles. The van der Waals surface area contributed by atoms with Crippen LogP contribution in [0.2, 0.25) is 0 Å². The number of hydrogen-bond acceptors (Lipinski definition) is 6. The minimum absolute atomic E-state index is 0.109. The number of carbonyl (C=O) groups excluding carboxylic acids is 1. The number of hydrogen-bond donors (Lipinski definition) is 1. The van der Waals surface area contributed by atoms with Crippen LogP contribution in [0.1, 0.15) is 47.3 Å². The van der Waals surface area contributed by atoms with Gasteiger partial charge in [-0.05, 0) is 57.5 Å². The number of anilines is 1. The van der Waals surface area contributed by atoms with Crippen LogP contribution >= 0.6 is 0 Å². The zero-order valence-electron chi connectivity index (χ0n) is 20.7. The third kappa shape index (κ3) is 4.85. The molecule has 1 fully saturated rings. The van der Waals surface area contributed by atoms with Crippen molar-refractivity contribution in [2.24, 2.45) is 0 Å². The van der Waals surface area contributed by atoms with Crippen LogP contribution in [0.15, 0.2) is 47.0 Å². The highest BCUT2D eigenvalue weighted by molar-refractivity contribution is 6.12. The summed E-state index contributed by atoms with van der Waals surface area (Å²) >= 11 is 0. The largest absolute Gasteiger partial charge is 0.466 e. The number of nitrogens with zero attached hydrogens (tertiary/aromatic N) is 4. The van der Waals surface area contributed by atoms with Crippen molar-refractivity contribution in [3.05, 3.63) is 65.2 Å². The van der Waals surface area contributed by atoms with Crippen LogP contribution in [0, 0.1) is 13.8 Å². The second kappa shape index (κ2) is 9.64. The van der Waals surface area contributed by atoms with Crippen LogP contribution in [0.25, 0.3) is 22.3 Å². The summed E-state index contributed by atoms with van der Waals surface area (Å²) in [5.74, 6) is 1.38. The topological polar surface area (TPSA) is 85.4 Å². The molecule has 0 saturated carbocycles. The van der Waals surface area contributed by atoms with Crippen LogP contribution in [-0.2, 0) is 11.3 Å². The maximum atomic E-state index is 13.5. The first kappa shape index (κ1) is 23.3. The summed E-state index contributed by atoms with van der Waals surface area (Å²) < 4.78 is 13.0. The molecule has 4 aromatic rings. The van der Waals surface area contributed by atoms with Gasteiger partial charge in [-0.2, -0.15) is 5.10 Å². The van der Waals surface area contributed by atoms with Gasteiger partial charge in [-0.25, -0.2) is 9.67 Å². The number of rotatable bonds is 6. The standard InChI is InChI=1S/C27H31N5O3/c1-17(2)32-26-24(15-28-32)23(14-25(30-26)22-13-18(3)35-19(22)4)27(33)29-21-7-5-20(6-8-21)16-31-9-11-34-12-10-31/h5-8,13-15,17H,9-12,16H2,1-4H3,(H,29,33). The number of amides is 1. The number of morpholine rings is 1. The van der Waals surface area contributed by atoms with E-state index in [4.69, 9.17) is 14.1 Å². The van der Waals surface area contributed by atoms with Gasteiger partial charge in [0.05, 0.1) is 36.1 Å². The molecule has 0 bridgehead atoms. The van der Waals surface area contributed by atoms with Gasteiger partial charge in [0.25, 0.3) is 5.91 Å². The summed E-state index contributed by atoms with van der Waals surface area (Å²) in [4.78, 5) is 20.7. The van der Waals surface area contributed by atoms with Crippen molar-refractivity contribution in [2.75, 3.05) is 31.6 Å². The fourth-order valence-electron chi connectivity index (χ4n) is 4.52. The van der Waals surface area contributed by atoms with E-state index in [0.717, 1.165) is 61.0 Å². The molecule has 1 aromatic carbocycles. The number of ether oxygens (including phenoxy) is 1. The fraction of sp³-hybridized carbons (Fsp3) is 0.370. The SMILES string of the molecule is Cc1cc(-c2cc(C(=O)Nc3ccc(CN4CCOCC4)cc3)c3cnn(C(C)C)c3n2)c(C)o1. The highest BCUT2D eigenvalue weighted by Gasteiger charge is 2.20. The molecular weight excluding hydrogens is 442 g/mol. The van der Waals surface area contributed by atoms with E-state index in [0.29, 0.717) is 16.9 Å². The van der Waals surface area contributed by atoms with E-state index in [1.807, 2.05) is 56.6 Å². The van der Waals surface area contributed by atoms with Gasteiger partial charge in [0.1, 0.15) is 11.5 Å². The second-order valence-corrected chi connectivity index (χ2v) is 9.34. The highest BCUT2D eigenvalue weighted by Crippen LogP contribution is 2.30. The van der Waals surface area contributed by atoms with Crippen molar-refractivity contribution < 1.29 is 13.9 Å². The Morgan fingerprint density at radius 2 is 1.86 bits per heavy atom.